The SMILES string of the molecule is CCCC(=O)C(=O)O.O=C(O)CCC(NC(=O)c1ccccc1)C(=O)O. The first kappa shape index (κ1) is 22.8. The van der Waals surface area contributed by atoms with Crippen LogP contribution in [0.1, 0.15) is 43.0 Å². The van der Waals surface area contributed by atoms with E-state index < -0.39 is 35.6 Å². The molecule has 0 spiro atoms. The van der Waals surface area contributed by atoms with Gasteiger partial charge in [0.25, 0.3) is 5.91 Å². The van der Waals surface area contributed by atoms with Crippen LogP contribution in [0, 0.1) is 0 Å². The number of Topliss-reactive ketones (excluding diaryl/α,β-unsaturated/α-hetero) is 1. The van der Waals surface area contributed by atoms with Crippen LogP contribution in [0.2, 0.25) is 0 Å². The van der Waals surface area contributed by atoms with Crippen molar-refractivity contribution in [1.82, 2.24) is 5.32 Å². The third-order valence-electron chi connectivity index (χ3n) is 3.00. The van der Waals surface area contributed by atoms with Crippen LogP contribution in [0.4, 0.5) is 0 Å². The lowest BCUT2D eigenvalue weighted by atomic mass is 10.1. The quantitative estimate of drug-likeness (QED) is 0.474. The summed E-state index contributed by atoms with van der Waals surface area (Å²) in [6, 6.07) is 6.94. The predicted molar refractivity (Wildman–Crippen MR) is 89.8 cm³/mol. The summed E-state index contributed by atoms with van der Waals surface area (Å²) in [5.41, 5.74) is 0.332. The summed E-state index contributed by atoms with van der Waals surface area (Å²) in [5.74, 6) is -4.91. The highest BCUT2D eigenvalue weighted by molar-refractivity contribution is 6.32. The molecule has 0 fully saturated rings. The number of hydrogen-bond acceptors (Lipinski definition) is 5. The van der Waals surface area contributed by atoms with Crippen LogP contribution >= 0.6 is 0 Å². The van der Waals surface area contributed by atoms with Gasteiger partial charge in [0, 0.05) is 18.4 Å². The van der Waals surface area contributed by atoms with Gasteiger partial charge in [-0.3, -0.25) is 14.4 Å². The predicted octanol–water partition coefficient (Wildman–Crippen LogP) is 1.17. The van der Waals surface area contributed by atoms with Crippen molar-refractivity contribution in [1.29, 1.82) is 0 Å². The Morgan fingerprint density at radius 2 is 1.54 bits per heavy atom. The van der Waals surface area contributed by atoms with E-state index in [0.717, 1.165) is 0 Å². The summed E-state index contributed by atoms with van der Waals surface area (Å²) in [6.07, 6.45) is 0.287. The number of benzene rings is 1. The second-order valence-corrected chi connectivity index (χ2v) is 5.14. The number of amides is 1. The summed E-state index contributed by atoms with van der Waals surface area (Å²) in [6.45, 7) is 1.76. The van der Waals surface area contributed by atoms with Crippen LogP contribution in [0.15, 0.2) is 30.3 Å². The fraction of sp³-hybridized carbons (Fsp3) is 0.353. The number of aliphatic carboxylic acids is 3. The van der Waals surface area contributed by atoms with Crippen LogP contribution < -0.4 is 5.32 Å². The molecule has 9 nitrogen and oxygen atoms in total. The van der Waals surface area contributed by atoms with Gasteiger partial charge >= 0.3 is 17.9 Å². The van der Waals surface area contributed by atoms with Crippen LogP contribution in [0.3, 0.4) is 0 Å². The number of nitrogens with one attached hydrogen (secondary N) is 1. The fourth-order valence-electron chi connectivity index (χ4n) is 1.69. The van der Waals surface area contributed by atoms with Gasteiger partial charge in [0.2, 0.25) is 5.78 Å². The van der Waals surface area contributed by atoms with Gasteiger partial charge in [-0.25, -0.2) is 9.59 Å². The van der Waals surface area contributed by atoms with Gasteiger partial charge in [-0.2, -0.15) is 0 Å². The molecule has 0 aliphatic rings. The molecule has 0 radical (unpaired) electrons. The van der Waals surface area contributed by atoms with Crippen LogP contribution in [-0.4, -0.2) is 51.0 Å². The second kappa shape index (κ2) is 12.2. The third-order valence-corrected chi connectivity index (χ3v) is 3.00. The van der Waals surface area contributed by atoms with Crippen molar-refractivity contribution in [3.63, 3.8) is 0 Å². The van der Waals surface area contributed by atoms with Gasteiger partial charge in [-0.05, 0) is 25.0 Å². The first-order valence-corrected chi connectivity index (χ1v) is 7.75. The molecule has 26 heavy (non-hydrogen) atoms. The second-order valence-electron chi connectivity index (χ2n) is 5.14. The standard InChI is InChI=1S/C12H13NO5.C5H8O3/c14-10(15)7-6-9(12(17)18)13-11(16)8-4-2-1-3-5-8;1-2-3-4(6)5(7)8/h1-5,9H,6-7H2,(H,13,16)(H,14,15)(H,17,18);2-3H2,1H3,(H,7,8). The highest BCUT2D eigenvalue weighted by Crippen LogP contribution is 2.02. The Hall–Kier alpha value is -3.23. The number of carbonyl (C=O) groups is 5. The Morgan fingerprint density at radius 1 is 0.962 bits per heavy atom. The first-order valence-electron chi connectivity index (χ1n) is 7.75. The van der Waals surface area contributed by atoms with E-state index in [0.29, 0.717) is 12.0 Å². The minimum absolute atomic E-state index is 0.148. The summed E-state index contributed by atoms with van der Waals surface area (Å²) in [5, 5.41) is 27.6. The van der Waals surface area contributed by atoms with Crippen molar-refractivity contribution in [2.75, 3.05) is 0 Å². The molecule has 0 bridgehead atoms. The minimum Gasteiger partial charge on any atom is -0.481 e. The number of carboxylic acids is 3. The summed E-state index contributed by atoms with van der Waals surface area (Å²) < 4.78 is 0. The molecule has 0 saturated heterocycles. The van der Waals surface area contributed by atoms with E-state index in [1.165, 1.54) is 0 Å². The normalized spacial score (nSPS) is 10.7. The average Bonchev–Trinajstić information content (AvgIpc) is 2.59. The summed E-state index contributed by atoms with van der Waals surface area (Å²) in [4.78, 5) is 52.8. The molecular formula is C17H21NO8. The maximum Gasteiger partial charge on any atom is 0.372 e. The Bertz CT molecular complexity index is 641. The van der Waals surface area contributed by atoms with Gasteiger partial charge < -0.3 is 20.6 Å². The smallest absolute Gasteiger partial charge is 0.372 e. The number of rotatable bonds is 9. The van der Waals surface area contributed by atoms with E-state index in [2.05, 4.69) is 5.32 Å². The zero-order chi connectivity index (χ0) is 20.1. The van der Waals surface area contributed by atoms with Crippen molar-refractivity contribution < 1.29 is 39.3 Å². The molecule has 4 N–H and O–H groups in total. The summed E-state index contributed by atoms with van der Waals surface area (Å²) >= 11 is 0. The molecule has 0 aromatic heterocycles. The van der Waals surface area contributed by atoms with Gasteiger partial charge in [0.15, 0.2) is 0 Å². The molecule has 0 saturated carbocycles. The Labute approximate surface area is 149 Å². The molecule has 1 atom stereocenters. The van der Waals surface area contributed by atoms with E-state index in [9.17, 15) is 24.0 Å². The lowest BCUT2D eigenvalue weighted by Gasteiger charge is -2.13. The van der Waals surface area contributed by atoms with E-state index in [4.69, 9.17) is 15.3 Å². The zero-order valence-corrected chi connectivity index (χ0v) is 14.2. The molecule has 9 heteroatoms. The van der Waals surface area contributed by atoms with Crippen LogP contribution in [0.5, 0.6) is 0 Å². The monoisotopic (exact) mass is 367 g/mol. The van der Waals surface area contributed by atoms with Crippen LogP contribution in [0.25, 0.3) is 0 Å². The van der Waals surface area contributed by atoms with Crippen molar-refractivity contribution >= 4 is 29.6 Å². The largest absolute Gasteiger partial charge is 0.481 e. The lowest BCUT2D eigenvalue weighted by Crippen LogP contribution is -2.41. The topological polar surface area (TPSA) is 158 Å². The number of ketones is 1. The Morgan fingerprint density at radius 3 is 1.92 bits per heavy atom. The van der Waals surface area contributed by atoms with Crippen LogP contribution in [-0.2, 0) is 19.2 Å². The van der Waals surface area contributed by atoms with Crippen molar-refractivity contribution in [2.24, 2.45) is 0 Å². The molecule has 0 heterocycles. The Kier molecular flexibility index (Phi) is 10.7. The van der Waals surface area contributed by atoms with Gasteiger partial charge in [0.05, 0.1) is 0 Å². The highest BCUT2D eigenvalue weighted by atomic mass is 16.4. The molecule has 1 unspecified atom stereocenters. The van der Waals surface area contributed by atoms with E-state index in [1.807, 2.05) is 0 Å². The maximum absolute atomic E-state index is 11.7. The molecule has 1 aromatic carbocycles. The number of hydrogen-bond donors (Lipinski definition) is 4. The molecule has 1 aromatic rings. The number of carboxylic acid groups (broad SMARTS) is 3. The zero-order valence-electron chi connectivity index (χ0n) is 14.2. The molecule has 1 amide bonds. The van der Waals surface area contributed by atoms with E-state index in [-0.39, 0.29) is 19.3 Å². The van der Waals surface area contributed by atoms with E-state index in [1.54, 1.807) is 37.3 Å². The number of carbonyl (C=O) groups excluding carboxylic acids is 2. The first-order chi connectivity index (χ1) is 12.2. The van der Waals surface area contributed by atoms with Crippen molar-refractivity contribution in [3.05, 3.63) is 35.9 Å². The van der Waals surface area contributed by atoms with Crippen molar-refractivity contribution in [3.8, 4) is 0 Å². The molecule has 1 rings (SSSR count). The average molecular weight is 367 g/mol. The molecular weight excluding hydrogens is 346 g/mol. The van der Waals surface area contributed by atoms with Crippen molar-refractivity contribution in [2.45, 2.75) is 38.6 Å². The van der Waals surface area contributed by atoms with Gasteiger partial charge in [-0.15, -0.1) is 0 Å². The van der Waals surface area contributed by atoms with Gasteiger partial charge in [-0.1, -0.05) is 25.1 Å². The third kappa shape index (κ3) is 9.81. The molecule has 0 aliphatic heterocycles. The van der Waals surface area contributed by atoms with E-state index >= 15 is 0 Å². The highest BCUT2D eigenvalue weighted by Gasteiger charge is 2.21. The lowest BCUT2D eigenvalue weighted by molar-refractivity contribution is -0.149. The Balaban J connectivity index is 0.000000660. The fourth-order valence-corrected chi connectivity index (χ4v) is 1.69. The molecule has 142 valence electrons. The minimum atomic E-state index is -1.33. The summed E-state index contributed by atoms with van der Waals surface area (Å²) in [7, 11) is 0. The molecule has 0 aliphatic carbocycles. The van der Waals surface area contributed by atoms with Gasteiger partial charge in [0.1, 0.15) is 6.04 Å². The maximum atomic E-state index is 11.7.